The summed E-state index contributed by atoms with van der Waals surface area (Å²) < 4.78 is 47.6. The molecule has 0 aliphatic carbocycles. The lowest BCUT2D eigenvalue weighted by molar-refractivity contribution is -0.119. The third kappa shape index (κ3) is 3.30. The van der Waals surface area contributed by atoms with Crippen molar-refractivity contribution in [2.75, 3.05) is 39.9 Å². The van der Waals surface area contributed by atoms with Gasteiger partial charge in [0, 0.05) is 31.7 Å². The molecule has 1 aliphatic heterocycles. The van der Waals surface area contributed by atoms with Crippen LogP contribution in [-0.2, 0) is 0 Å². The molecule has 1 heterocycles. The maximum Gasteiger partial charge on any atom is 0.290 e. The third-order valence-corrected chi connectivity index (χ3v) is 3.64. The van der Waals surface area contributed by atoms with Crippen LogP contribution >= 0.6 is 0 Å². The Bertz CT molecular complexity index is 479. The third-order valence-electron chi connectivity index (χ3n) is 3.64. The smallest absolute Gasteiger partial charge is 0.290 e. The van der Waals surface area contributed by atoms with Crippen LogP contribution in [0.1, 0.15) is 11.6 Å². The first-order valence-corrected chi connectivity index (χ1v) is 6.77. The lowest BCUT2D eigenvalue weighted by atomic mass is 9.97. The Morgan fingerprint density at radius 3 is 2.62 bits per heavy atom. The van der Waals surface area contributed by atoms with E-state index in [9.17, 15) is 13.2 Å². The summed E-state index contributed by atoms with van der Waals surface area (Å²) in [6.07, 6.45) is 0. The summed E-state index contributed by atoms with van der Waals surface area (Å²) in [5.41, 5.74) is -0.157. The predicted octanol–water partition coefficient (Wildman–Crippen LogP) is 1.41. The van der Waals surface area contributed by atoms with E-state index >= 15 is 0 Å². The van der Waals surface area contributed by atoms with Crippen LogP contribution in [0.3, 0.4) is 0 Å². The van der Waals surface area contributed by atoms with Gasteiger partial charge in [-0.2, -0.15) is 0 Å². The molecule has 21 heavy (non-hydrogen) atoms. The topological polar surface area (TPSA) is 44.7 Å². The molecule has 2 N–H and O–H groups in total. The van der Waals surface area contributed by atoms with Crippen LogP contribution in [0.4, 0.5) is 13.2 Å². The Hall–Kier alpha value is -1.31. The molecule has 118 valence electrons. The minimum absolute atomic E-state index is 0.0821. The van der Waals surface area contributed by atoms with Gasteiger partial charge in [0.15, 0.2) is 11.6 Å². The highest BCUT2D eigenvalue weighted by Crippen LogP contribution is 2.39. The number of nitrogens with zero attached hydrogens (tertiary/aromatic N) is 1. The maximum atomic E-state index is 14.4. The van der Waals surface area contributed by atoms with Crippen LogP contribution in [0, 0.1) is 5.82 Å². The number of piperazine rings is 1. The number of alkyl halides is 2. The number of benzene rings is 1. The molecular formula is C14H19F3N2O2. The van der Waals surface area contributed by atoms with Crippen molar-refractivity contribution in [3.05, 3.63) is 29.6 Å². The minimum atomic E-state index is -3.44. The number of nitrogens with one attached hydrogen (secondary N) is 1. The maximum absolute atomic E-state index is 14.4. The Kier molecular flexibility index (Phi) is 5.08. The molecular weight excluding hydrogens is 285 g/mol. The molecule has 1 aromatic carbocycles. The van der Waals surface area contributed by atoms with Gasteiger partial charge in [-0.25, -0.2) is 13.2 Å². The van der Waals surface area contributed by atoms with Crippen molar-refractivity contribution in [2.45, 2.75) is 12.0 Å². The van der Waals surface area contributed by atoms with Gasteiger partial charge < -0.3 is 15.2 Å². The largest absolute Gasteiger partial charge is 0.494 e. The van der Waals surface area contributed by atoms with Crippen molar-refractivity contribution in [2.24, 2.45) is 0 Å². The number of hydrogen-bond donors (Lipinski definition) is 2. The van der Waals surface area contributed by atoms with Crippen LogP contribution in [-0.4, -0.2) is 55.8 Å². The molecule has 0 bridgehead atoms. The zero-order valence-corrected chi connectivity index (χ0v) is 11.8. The van der Waals surface area contributed by atoms with E-state index < -0.39 is 24.4 Å². The fourth-order valence-corrected chi connectivity index (χ4v) is 2.61. The Morgan fingerprint density at radius 2 is 2.05 bits per heavy atom. The summed E-state index contributed by atoms with van der Waals surface area (Å²) in [6.45, 7) is 0.471. The quantitative estimate of drug-likeness (QED) is 0.863. The molecule has 1 aliphatic rings. The first-order chi connectivity index (χ1) is 10.0. The van der Waals surface area contributed by atoms with Crippen molar-refractivity contribution in [3.63, 3.8) is 0 Å². The van der Waals surface area contributed by atoms with Crippen LogP contribution in [0.15, 0.2) is 18.2 Å². The highest BCUT2D eigenvalue weighted by atomic mass is 19.3. The van der Waals surface area contributed by atoms with Gasteiger partial charge in [0.05, 0.1) is 7.11 Å². The average Bonchev–Trinajstić information content (AvgIpc) is 2.50. The highest BCUT2D eigenvalue weighted by molar-refractivity contribution is 5.34. The molecule has 4 nitrogen and oxygen atoms in total. The molecule has 2 rings (SSSR count). The number of ether oxygens (including phenoxy) is 1. The van der Waals surface area contributed by atoms with E-state index in [1.165, 1.54) is 30.2 Å². The van der Waals surface area contributed by atoms with Crippen LogP contribution in [0.2, 0.25) is 0 Å². The Balaban J connectivity index is 2.44. The lowest BCUT2D eigenvalue weighted by Gasteiger charge is -2.38. The van der Waals surface area contributed by atoms with Crippen molar-refractivity contribution in [3.8, 4) is 5.75 Å². The van der Waals surface area contributed by atoms with Crippen LogP contribution < -0.4 is 10.1 Å². The standard InChI is InChI=1S/C14H19F3N2O2/c1-21-11-4-2-3-10(12(11)15)13(14(16,17)9-20)19-7-5-18-6-8-19/h2-4,13,18,20H,5-9H2,1H3/t13-/m1/s1. The second-order valence-electron chi connectivity index (χ2n) is 4.97. The monoisotopic (exact) mass is 304 g/mol. The van der Waals surface area contributed by atoms with E-state index in [0.29, 0.717) is 26.2 Å². The van der Waals surface area contributed by atoms with E-state index in [-0.39, 0.29) is 11.3 Å². The number of aliphatic hydroxyl groups is 1. The number of aliphatic hydroxyl groups excluding tert-OH is 1. The minimum Gasteiger partial charge on any atom is -0.494 e. The molecule has 0 unspecified atom stereocenters. The molecule has 0 aromatic heterocycles. The molecule has 0 radical (unpaired) electrons. The van der Waals surface area contributed by atoms with Crippen molar-refractivity contribution < 1.29 is 23.0 Å². The molecule has 0 amide bonds. The number of rotatable bonds is 5. The first kappa shape index (κ1) is 16.1. The average molecular weight is 304 g/mol. The second kappa shape index (κ2) is 6.64. The second-order valence-corrected chi connectivity index (χ2v) is 4.97. The molecule has 1 saturated heterocycles. The normalized spacial score (nSPS) is 18.5. The zero-order chi connectivity index (χ0) is 15.5. The van der Waals surface area contributed by atoms with E-state index in [0.717, 1.165) is 0 Å². The van der Waals surface area contributed by atoms with Gasteiger partial charge in [-0.05, 0) is 6.07 Å². The highest BCUT2D eigenvalue weighted by Gasteiger charge is 2.45. The molecule has 1 atom stereocenters. The molecule has 0 spiro atoms. The predicted molar refractivity (Wildman–Crippen MR) is 72.2 cm³/mol. The van der Waals surface area contributed by atoms with E-state index in [2.05, 4.69) is 5.32 Å². The van der Waals surface area contributed by atoms with Gasteiger partial charge in [-0.15, -0.1) is 0 Å². The Labute approximate surface area is 121 Å². The summed E-state index contributed by atoms with van der Waals surface area (Å²) in [6, 6.07) is 2.65. The van der Waals surface area contributed by atoms with Crippen molar-refractivity contribution >= 4 is 0 Å². The van der Waals surface area contributed by atoms with Gasteiger partial charge in [0.1, 0.15) is 12.6 Å². The fourth-order valence-electron chi connectivity index (χ4n) is 2.61. The fraction of sp³-hybridized carbons (Fsp3) is 0.571. The van der Waals surface area contributed by atoms with E-state index in [1.54, 1.807) is 0 Å². The number of hydrogen-bond acceptors (Lipinski definition) is 4. The number of methoxy groups -OCH3 is 1. The molecule has 1 fully saturated rings. The van der Waals surface area contributed by atoms with Gasteiger partial charge in [-0.3, -0.25) is 4.90 Å². The summed E-state index contributed by atoms with van der Waals surface area (Å²) in [5.74, 6) is -4.33. The SMILES string of the molecule is COc1cccc([C@@H](N2CCNCC2)C(F)(F)CO)c1F. The lowest BCUT2D eigenvalue weighted by Crippen LogP contribution is -2.51. The molecule has 0 saturated carbocycles. The van der Waals surface area contributed by atoms with Gasteiger partial charge in [-0.1, -0.05) is 12.1 Å². The van der Waals surface area contributed by atoms with Crippen molar-refractivity contribution in [1.82, 2.24) is 10.2 Å². The molecule has 7 heteroatoms. The zero-order valence-electron chi connectivity index (χ0n) is 11.8. The Morgan fingerprint density at radius 1 is 1.38 bits per heavy atom. The summed E-state index contributed by atoms with van der Waals surface area (Å²) in [7, 11) is 1.28. The van der Waals surface area contributed by atoms with Gasteiger partial charge >= 0.3 is 0 Å². The van der Waals surface area contributed by atoms with Gasteiger partial charge in [0.25, 0.3) is 5.92 Å². The summed E-state index contributed by atoms with van der Waals surface area (Å²) >= 11 is 0. The van der Waals surface area contributed by atoms with E-state index in [1.807, 2.05) is 0 Å². The van der Waals surface area contributed by atoms with Crippen LogP contribution in [0.25, 0.3) is 0 Å². The summed E-state index contributed by atoms with van der Waals surface area (Å²) in [4.78, 5) is 1.49. The van der Waals surface area contributed by atoms with E-state index in [4.69, 9.17) is 9.84 Å². The van der Waals surface area contributed by atoms with Crippen molar-refractivity contribution in [1.29, 1.82) is 0 Å². The first-order valence-electron chi connectivity index (χ1n) is 6.77. The van der Waals surface area contributed by atoms with Crippen LogP contribution in [0.5, 0.6) is 5.75 Å². The molecule has 1 aromatic rings. The number of halogens is 3. The van der Waals surface area contributed by atoms with Gasteiger partial charge in [0.2, 0.25) is 0 Å². The summed E-state index contributed by atoms with van der Waals surface area (Å²) in [5, 5.41) is 12.1.